The molecule has 0 N–H and O–H groups in total. The van der Waals surface area contributed by atoms with Crippen LogP contribution >= 0.6 is 34.8 Å². The van der Waals surface area contributed by atoms with Crippen molar-refractivity contribution in [3.05, 3.63) is 154 Å². The molecule has 6 aromatic rings. The first-order valence-corrected chi connectivity index (χ1v) is 16.3. The van der Waals surface area contributed by atoms with E-state index in [2.05, 4.69) is 29.9 Å². The second-order valence-corrected chi connectivity index (χ2v) is 12.4. The van der Waals surface area contributed by atoms with Crippen molar-refractivity contribution in [3.8, 4) is 6.07 Å². The Morgan fingerprint density at radius 2 is 1.14 bits per heavy atom. The fourth-order valence-electron chi connectivity index (χ4n) is 4.79. The molecule has 254 valence electrons. The topological polar surface area (TPSA) is 142 Å². The SMILES string of the molecule is CN(c1cncnc1)c1cc(Cl)cc(C(=O)Cc2ccc(C#N)cn2)c1.CN(c1cncnc1)c1cc(Cl)cc(C(=O)Cc2cncc(Cl)c2)c1. The first kappa shape index (κ1) is 36.5. The highest BCUT2D eigenvalue weighted by atomic mass is 35.5. The number of aromatic nitrogens is 6. The quantitative estimate of drug-likeness (QED) is 0.126. The number of pyridine rings is 2. The minimum Gasteiger partial charge on any atom is -0.342 e. The molecule has 11 nitrogen and oxygen atoms in total. The zero-order valence-corrected chi connectivity index (χ0v) is 29.5. The van der Waals surface area contributed by atoms with Gasteiger partial charge in [-0.3, -0.25) is 19.6 Å². The third-order valence-corrected chi connectivity index (χ3v) is 8.12. The lowest BCUT2D eigenvalue weighted by molar-refractivity contribution is 0.0984. The van der Waals surface area contributed by atoms with Gasteiger partial charge in [-0.05, 0) is 60.2 Å². The minimum atomic E-state index is -0.108. The largest absolute Gasteiger partial charge is 0.342 e. The summed E-state index contributed by atoms with van der Waals surface area (Å²) in [5.74, 6) is -0.172. The summed E-state index contributed by atoms with van der Waals surface area (Å²) in [4.78, 5) is 53.1. The highest BCUT2D eigenvalue weighted by Gasteiger charge is 2.15. The summed E-state index contributed by atoms with van der Waals surface area (Å²) in [6, 6.07) is 17.4. The molecule has 0 aliphatic heterocycles. The van der Waals surface area contributed by atoms with Gasteiger partial charge in [0.05, 0.1) is 53.2 Å². The zero-order valence-electron chi connectivity index (χ0n) is 27.3. The molecule has 0 atom stereocenters. The van der Waals surface area contributed by atoms with Crippen LogP contribution in [0.2, 0.25) is 15.1 Å². The number of Topliss-reactive ketones (excluding diaryl/α,β-unsaturated/α-hetero) is 2. The molecular formula is C37H28Cl3N9O2. The van der Waals surface area contributed by atoms with Gasteiger partial charge in [0.15, 0.2) is 11.6 Å². The van der Waals surface area contributed by atoms with Crippen LogP contribution < -0.4 is 9.80 Å². The predicted octanol–water partition coefficient (Wildman–Crippen LogP) is 7.96. The Labute approximate surface area is 309 Å². The summed E-state index contributed by atoms with van der Waals surface area (Å²) in [6.07, 6.45) is 14.6. The van der Waals surface area contributed by atoms with Crippen molar-refractivity contribution in [3.63, 3.8) is 0 Å². The van der Waals surface area contributed by atoms with Crippen LogP contribution in [-0.4, -0.2) is 55.6 Å². The van der Waals surface area contributed by atoms with Gasteiger partial charge in [0.25, 0.3) is 0 Å². The van der Waals surface area contributed by atoms with E-state index in [9.17, 15) is 9.59 Å². The first-order chi connectivity index (χ1) is 24.6. The highest BCUT2D eigenvalue weighted by Crippen LogP contribution is 2.29. The number of nitriles is 1. The van der Waals surface area contributed by atoms with Gasteiger partial charge in [0.1, 0.15) is 18.7 Å². The Morgan fingerprint density at radius 1 is 0.608 bits per heavy atom. The van der Waals surface area contributed by atoms with Gasteiger partial charge in [-0.1, -0.05) is 34.8 Å². The van der Waals surface area contributed by atoms with E-state index in [-0.39, 0.29) is 24.4 Å². The summed E-state index contributed by atoms with van der Waals surface area (Å²) >= 11 is 18.3. The zero-order chi connectivity index (χ0) is 36.3. The molecule has 51 heavy (non-hydrogen) atoms. The van der Waals surface area contributed by atoms with E-state index in [1.807, 2.05) is 30.0 Å². The number of carbonyl (C=O) groups excluding carboxylic acids is 2. The van der Waals surface area contributed by atoms with E-state index in [0.29, 0.717) is 37.5 Å². The molecule has 0 amide bonds. The van der Waals surface area contributed by atoms with Gasteiger partial charge in [-0.2, -0.15) is 5.26 Å². The van der Waals surface area contributed by atoms with Gasteiger partial charge in [-0.15, -0.1) is 0 Å². The Hall–Kier alpha value is -5.80. The molecule has 0 aliphatic carbocycles. The van der Waals surface area contributed by atoms with Crippen molar-refractivity contribution >= 4 is 69.1 Å². The Balaban J connectivity index is 0.000000198. The average Bonchev–Trinajstić information content (AvgIpc) is 3.15. The van der Waals surface area contributed by atoms with E-state index in [1.165, 1.54) is 25.0 Å². The van der Waals surface area contributed by atoms with E-state index >= 15 is 0 Å². The van der Waals surface area contributed by atoms with Gasteiger partial charge in [0.2, 0.25) is 0 Å². The molecule has 2 aromatic carbocycles. The fourth-order valence-corrected chi connectivity index (χ4v) is 5.44. The monoisotopic (exact) mass is 735 g/mol. The fraction of sp³-hybridized carbons (Fsp3) is 0.108. The minimum absolute atomic E-state index is 0.0643. The van der Waals surface area contributed by atoms with Crippen LogP contribution in [0.1, 0.15) is 37.5 Å². The molecule has 0 radical (unpaired) electrons. The molecule has 6 rings (SSSR count). The van der Waals surface area contributed by atoms with E-state index in [0.717, 1.165) is 28.3 Å². The van der Waals surface area contributed by atoms with Crippen LogP contribution in [-0.2, 0) is 12.8 Å². The molecule has 14 heteroatoms. The summed E-state index contributed by atoms with van der Waals surface area (Å²) in [6.45, 7) is 0. The maximum atomic E-state index is 12.6. The molecule has 0 unspecified atom stereocenters. The van der Waals surface area contributed by atoms with Crippen LogP contribution in [0.25, 0.3) is 0 Å². The molecule has 0 aliphatic rings. The predicted molar refractivity (Wildman–Crippen MR) is 197 cm³/mol. The molecule has 0 spiro atoms. The van der Waals surface area contributed by atoms with Crippen LogP contribution in [0.15, 0.2) is 111 Å². The lowest BCUT2D eigenvalue weighted by Gasteiger charge is -2.19. The number of halogens is 3. The summed E-state index contributed by atoms with van der Waals surface area (Å²) < 4.78 is 0. The second kappa shape index (κ2) is 17.2. The van der Waals surface area contributed by atoms with Crippen LogP contribution in [0.4, 0.5) is 22.7 Å². The van der Waals surface area contributed by atoms with E-state index < -0.39 is 0 Å². The third kappa shape index (κ3) is 10.1. The summed E-state index contributed by atoms with van der Waals surface area (Å²) in [5, 5.41) is 10.3. The van der Waals surface area contributed by atoms with Crippen LogP contribution in [0.5, 0.6) is 0 Å². The highest BCUT2D eigenvalue weighted by molar-refractivity contribution is 6.32. The van der Waals surface area contributed by atoms with E-state index in [4.69, 9.17) is 40.1 Å². The van der Waals surface area contributed by atoms with Crippen molar-refractivity contribution in [2.24, 2.45) is 0 Å². The molecule has 4 aromatic heterocycles. The smallest absolute Gasteiger partial charge is 0.168 e. The number of carbonyl (C=O) groups is 2. The maximum Gasteiger partial charge on any atom is 0.168 e. The number of hydrogen-bond donors (Lipinski definition) is 0. The van der Waals surface area contributed by atoms with Gasteiger partial charge >= 0.3 is 0 Å². The molecule has 4 heterocycles. The van der Waals surface area contributed by atoms with E-state index in [1.54, 1.807) is 85.6 Å². The van der Waals surface area contributed by atoms with Gasteiger partial charge < -0.3 is 9.80 Å². The molecule has 0 saturated carbocycles. The third-order valence-electron chi connectivity index (χ3n) is 7.47. The van der Waals surface area contributed by atoms with Crippen molar-refractivity contribution in [1.82, 2.24) is 29.9 Å². The summed E-state index contributed by atoms with van der Waals surface area (Å²) in [5.41, 5.74) is 5.91. The number of anilines is 4. The average molecular weight is 737 g/mol. The molecule has 0 bridgehead atoms. The number of benzene rings is 2. The lowest BCUT2D eigenvalue weighted by atomic mass is 10.0. The molecular weight excluding hydrogens is 709 g/mol. The van der Waals surface area contributed by atoms with Crippen molar-refractivity contribution in [2.75, 3.05) is 23.9 Å². The summed E-state index contributed by atoms with van der Waals surface area (Å²) in [7, 11) is 3.71. The maximum absolute atomic E-state index is 12.6. The van der Waals surface area contributed by atoms with Crippen molar-refractivity contribution in [2.45, 2.75) is 12.8 Å². The van der Waals surface area contributed by atoms with Gasteiger partial charge in [0, 0.05) is 77.3 Å². The Kier molecular flexibility index (Phi) is 12.3. The number of ketones is 2. The normalized spacial score (nSPS) is 10.4. The standard InChI is InChI=1S/C19H14ClN5O.C18H14Cl2N4O/c1-25(18-10-22-12-23-11-18)17-5-14(4-15(20)6-17)19(26)7-16-3-2-13(8-21)9-24-16;1-24(17-9-22-11-23-10-17)16-5-13(4-14(19)6-16)18(25)3-12-2-15(20)8-21-7-12/h2-6,9-12H,7H2,1H3;2,4-11H,3H2,1H3. The second-order valence-electron chi connectivity index (χ2n) is 11.1. The van der Waals surface area contributed by atoms with Gasteiger partial charge in [-0.25, -0.2) is 19.9 Å². The molecule has 0 fully saturated rings. The van der Waals surface area contributed by atoms with Crippen molar-refractivity contribution in [1.29, 1.82) is 5.26 Å². The number of rotatable bonds is 10. The number of nitrogens with zero attached hydrogens (tertiary/aromatic N) is 9. The lowest BCUT2D eigenvalue weighted by Crippen LogP contribution is -2.12. The first-order valence-electron chi connectivity index (χ1n) is 15.2. The number of hydrogen-bond acceptors (Lipinski definition) is 11. The Bertz CT molecular complexity index is 2180. The Morgan fingerprint density at radius 3 is 1.61 bits per heavy atom. The van der Waals surface area contributed by atoms with Crippen molar-refractivity contribution < 1.29 is 9.59 Å². The molecule has 0 saturated heterocycles. The van der Waals surface area contributed by atoms with Crippen LogP contribution in [0, 0.1) is 11.3 Å². The van der Waals surface area contributed by atoms with Crippen LogP contribution in [0.3, 0.4) is 0 Å².